The fourth-order valence-electron chi connectivity index (χ4n) is 4.07. The third-order valence-corrected chi connectivity index (χ3v) is 9.72. The number of thioether (sulfide) groups is 1. The van der Waals surface area contributed by atoms with E-state index in [0.29, 0.717) is 27.8 Å². The predicted molar refractivity (Wildman–Crippen MR) is 168 cm³/mol. The van der Waals surface area contributed by atoms with Crippen LogP contribution in [0.5, 0.6) is 0 Å². The van der Waals surface area contributed by atoms with Crippen molar-refractivity contribution < 1.29 is 18.0 Å². The van der Waals surface area contributed by atoms with Gasteiger partial charge in [-0.2, -0.15) is 0 Å². The molecule has 0 aromatic heterocycles. The Bertz CT molecular complexity index is 1450. The maximum atomic E-state index is 14.0. The van der Waals surface area contributed by atoms with Crippen LogP contribution < -0.4 is 9.62 Å². The van der Waals surface area contributed by atoms with Gasteiger partial charge in [-0.25, -0.2) is 8.42 Å². The van der Waals surface area contributed by atoms with Crippen molar-refractivity contribution in [3.05, 3.63) is 87.9 Å². The van der Waals surface area contributed by atoms with Crippen molar-refractivity contribution in [3.63, 3.8) is 0 Å². The zero-order chi connectivity index (χ0) is 30.2. The summed E-state index contributed by atoms with van der Waals surface area (Å²) in [6.45, 7) is 5.47. The number of nitrogens with zero attached hydrogens (tertiary/aromatic N) is 2. The van der Waals surface area contributed by atoms with Gasteiger partial charge in [-0.15, -0.1) is 11.8 Å². The van der Waals surface area contributed by atoms with E-state index in [1.807, 2.05) is 20.1 Å². The van der Waals surface area contributed by atoms with E-state index in [1.54, 1.807) is 61.5 Å². The molecular formula is C30H35Cl2N3O4S2. The van der Waals surface area contributed by atoms with Crippen molar-refractivity contribution in [1.29, 1.82) is 0 Å². The predicted octanol–water partition coefficient (Wildman–Crippen LogP) is 6.55. The molecule has 0 radical (unpaired) electrons. The molecule has 2 amide bonds. The van der Waals surface area contributed by atoms with Gasteiger partial charge in [0.25, 0.3) is 10.0 Å². The first-order valence-corrected chi connectivity index (χ1v) is 16.6. The van der Waals surface area contributed by atoms with Gasteiger partial charge in [0.15, 0.2) is 0 Å². The molecule has 0 spiro atoms. The topological polar surface area (TPSA) is 86.8 Å². The Labute approximate surface area is 257 Å². The number of aryl methyl sites for hydroxylation is 1. The van der Waals surface area contributed by atoms with Crippen LogP contribution >= 0.6 is 35.0 Å². The van der Waals surface area contributed by atoms with E-state index < -0.39 is 28.5 Å². The number of amides is 2. The molecule has 1 atom stereocenters. The molecule has 1 unspecified atom stereocenters. The Hall–Kier alpha value is -2.72. The number of hydrogen-bond donors (Lipinski definition) is 1. The van der Waals surface area contributed by atoms with Gasteiger partial charge in [-0.1, -0.05) is 60.3 Å². The quantitative estimate of drug-likeness (QED) is 0.170. The summed E-state index contributed by atoms with van der Waals surface area (Å²) in [4.78, 5) is 29.4. The molecule has 3 aromatic rings. The second-order valence-corrected chi connectivity index (χ2v) is 13.2. The third kappa shape index (κ3) is 8.64. The number of rotatable bonds is 13. The van der Waals surface area contributed by atoms with Crippen molar-refractivity contribution >= 4 is 62.5 Å². The highest BCUT2D eigenvalue weighted by molar-refractivity contribution is 7.98. The molecule has 0 bridgehead atoms. The minimum atomic E-state index is -4.14. The summed E-state index contributed by atoms with van der Waals surface area (Å²) in [6.07, 6.45) is 3.60. The zero-order valence-corrected chi connectivity index (χ0v) is 26.7. The number of anilines is 1. The van der Waals surface area contributed by atoms with E-state index in [-0.39, 0.29) is 17.3 Å². The van der Waals surface area contributed by atoms with Gasteiger partial charge in [-0.3, -0.25) is 13.9 Å². The van der Waals surface area contributed by atoms with Gasteiger partial charge in [-0.05, 0) is 80.6 Å². The summed E-state index contributed by atoms with van der Waals surface area (Å²) in [5.41, 5.74) is 1.86. The monoisotopic (exact) mass is 635 g/mol. The number of nitrogens with one attached hydrogen (secondary N) is 1. The Morgan fingerprint density at radius 3 is 2.24 bits per heavy atom. The molecule has 0 heterocycles. The molecule has 7 nitrogen and oxygen atoms in total. The second-order valence-electron chi connectivity index (χ2n) is 9.60. The Morgan fingerprint density at radius 2 is 1.66 bits per heavy atom. The lowest BCUT2D eigenvalue weighted by Crippen LogP contribution is -2.51. The van der Waals surface area contributed by atoms with Crippen LogP contribution in [0.25, 0.3) is 0 Å². The van der Waals surface area contributed by atoms with E-state index >= 15 is 0 Å². The summed E-state index contributed by atoms with van der Waals surface area (Å²) in [5, 5.41) is 3.64. The SMILES string of the molecule is CCCCNC(=O)C(C)N(Cc1ccc(Cl)cc1Cl)C(=O)CN(c1ccc(C)cc1)S(=O)(=O)c1ccc(SC)cc1. The molecule has 3 rings (SSSR count). The number of benzene rings is 3. The minimum Gasteiger partial charge on any atom is -0.354 e. The van der Waals surface area contributed by atoms with Crippen LogP contribution in [0.4, 0.5) is 5.69 Å². The summed E-state index contributed by atoms with van der Waals surface area (Å²) in [5.74, 6) is -0.895. The summed E-state index contributed by atoms with van der Waals surface area (Å²) in [6, 6.07) is 17.4. The van der Waals surface area contributed by atoms with Crippen molar-refractivity contribution in [2.75, 3.05) is 23.7 Å². The molecule has 41 heavy (non-hydrogen) atoms. The number of carbonyl (C=O) groups is 2. The van der Waals surface area contributed by atoms with Gasteiger partial charge in [0.05, 0.1) is 10.6 Å². The number of sulfonamides is 1. The lowest BCUT2D eigenvalue weighted by Gasteiger charge is -2.32. The zero-order valence-electron chi connectivity index (χ0n) is 23.6. The molecule has 3 aromatic carbocycles. The maximum absolute atomic E-state index is 14.0. The van der Waals surface area contributed by atoms with Gasteiger partial charge in [0, 0.05) is 28.0 Å². The highest BCUT2D eigenvalue weighted by atomic mass is 35.5. The molecule has 0 saturated carbocycles. The first-order valence-electron chi connectivity index (χ1n) is 13.2. The Balaban J connectivity index is 2.02. The standard InChI is InChI=1S/C30H35Cl2N3O4S2/c1-5-6-17-33-30(37)22(3)34(19-23-9-10-24(31)18-28(23)32)29(36)20-35(25-11-7-21(2)8-12-25)41(38,39)27-15-13-26(40-4)14-16-27/h7-16,18,22H,5-6,17,19-20H2,1-4H3,(H,33,37). The lowest BCUT2D eigenvalue weighted by molar-refractivity contribution is -0.139. The van der Waals surface area contributed by atoms with Crippen LogP contribution in [0, 0.1) is 6.92 Å². The summed E-state index contributed by atoms with van der Waals surface area (Å²) in [7, 11) is -4.14. The average molecular weight is 637 g/mol. The molecule has 0 aliphatic rings. The van der Waals surface area contributed by atoms with Crippen molar-refractivity contribution in [3.8, 4) is 0 Å². The number of hydrogen-bond acceptors (Lipinski definition) is 5. The van der Waals surface area contributed by atoms with Crippen LogP contribution in [-0.4, -0.2) is 50.5 Å². The molecule has 0 saturated heterocycles. The summed E-state index contributed by atoms with van der Waals surface area (Å²) < 4.78 is 29.0. The normalized spacial score (nSPS) is 12.0. The number of unbranched alkanes of at least 4 members (excludes halogenated alkanes) is 1. The van der Waals surface area contributed by atoms with Crippen LogP contribution in [0.2, 0.25) is 10.0 Å². The van der Waals surface area contributed by atoms with E-state index in [2.05, 4.69) is 5.32 Å². The maximum Gasteiger partial charge on any atom is 0.264 e. The third-order valence-electron chi connectivity index (χ3n) is 6.60. The first kappa shape index (κ1) is 32.8. The highest BCUT2D eigenvalue weighted by Gasteiger charge is 2.32. The van der Waals surface area contributed by atoms with Crippen molar-refractivity contribution in [2.45, 2.75) is 56.0 Å². The molecular weight excluding hydrogens is 601 g/mol. The number of halogens is 2. The first-order chi connectivity index (χ1) is 19.5. The van der Waals surface area contributed by atoms with Crippen molar-refractivity contribution in [1.82, 2.24) is 10.2 Å². The van der Waals surface area contributed by atoms with Crippen molar-refractivity contribution in [2.24, 2.45) is 0 Å². The molecule has 1 N–H and O–H groups in total. The smallest absolute Gasteiger partial charge is 0.264 e. The molecule has 220 valence electrons. The van der Waals surface area contributed by atoms with Gasteiger partial charge >= 0.3 is 0 Å². The fraction of sp³-hybridized carbons (Fsp3) is 0.333. The largest absolute Gasteiger partial charge is 0.354 e. The van der Waals surface area contributed by atoms with E-state index in [4.69, 9.17) is 23.2 Å². The van der Waals surface area contributed by atoms with E-state index in [1.165, 1.54) is 28.8 Å². The van der Waals surface area contributed by atoms with Gasteiger partial charge in [0.1, 0.15) is 12.6 Å². The fourth-order valence-corrected chi connectivity index (χ4v) is 6.36. The van der Waals surface area contributed by atoms with Gasteiger partial charge in [0.2, 0.25) is 11.8 Å². The Kier molecular flexibility index (Phi) is 12.0. The van der Waals surface area contributed by atoms with Crippen LogP contribution in [0.1, 0.15) is 37.8 Å². The Morgan fingerprint density at radius 1 is 1.00 bits per heavy atom. The van der Waals surface area contributed by atoms with E-state index in [0.717, 1.165) is 27.6 Å². The van der Waals surface area contributed by atoms with Crippen LogP contribution in [0.3, 0.4) is 0 Å². The van der Waals surface area contributed by atoms with Gasteiger partial charge < -0.3 is 10.2 Å². The highest BCUT2D eigenvalue weighted by Crippen LogP contribution is 2.27. The minimum absolute atomic E-state index is 0.0125. The molecule has 11 heteroatoms. The molecule has 0 aliphatic carbocycles. The molecule has 0 fully saturated rings. The van der Waals surface area contributed by atoms with Crippen LogP contribution in [0.15, 0.2) is 76.5 Å². The molecule has 0 aliphatic heterocycles. The van der Waals surface area contributed by atoms with Crippen LogP contribution in [-0.2, 0) is 26.2 Å². The average Bonchev–Trinajstić information content (AvgIpc) is 2.95. The second kappa shape index (κ2) is 15.0. The lowest BCUT2D eigenvalue weighted by atomic mass is 10.1. The number of carbonyl (C=O) groups excluding carboxylic acids is 2. The summed E-state index contributed by atoms with van der Waals surface area (Å²) >= 11 is 14.0. The van der Waals surface area contributed by atoms with E-state index in [9.17, 15) is 18.0 Å².